The predicted molar refractivity (Wildman–Crippen MR) is 68.6 cm³/mol. The lowest BCUT2D eigenvalue weighted by Gasteiger charge is -2.48. The van der Waals surface area contributed by atoms with Crippen molar-refractivity contribution in [1.82, 2.24) is 0 Å². The number of ether oxygens (including phenoxy) is 3. The molecule has 11 heteroatoms. The minimum atomic E-state index is -2.25. The highest BCUT2D eigenvalue weighted by Gasteiger charge is 2.55. The van der Waals surface area contributed by atoms with Crippen molar-refractivity contribution in [2.75, 3.05) is 19.8 Å². The van der Waals surface area contributed by atoms with Crippen LogP contribution >= 0.6 is 0 Å². The number of rotatable bonds is 4. The second kappa shape index (κ2) is 7.21. The number of aliphatic hydroxyl groups is 8. The van der Waals surface area contributed by atoms with Crippen LogP contribution in [0.5, 0.6) is 0 Å². The van der Waals surface area contributed by atoms with Crippen molar-refractivity contribution in [2.24, 2.45) is 0 Å². The van der Waals surface area contributed by atoms with E-state index < -0.39 is 74.6 Å². The molecule has 136 valence electrons. The van der Waals surface area contributed by atoms with Crippen LogP contribution in [0.1, 0.15) is 0 Å². The average Bonchev–Trinajstić information content (AvgIpc) is 2.55. The van der Waals surface area contributed by atoms with Gasteiger partial charge in [-0.3, -0.25) is 0 Å². The van der Waals surface area contributed by atoms with Gasteiger partial charge in [0.1, 0.15) is 49.3 Å². The van der Waals surface area contributed by atoms with Crippen molar-refractivity contribution in [2.45, 2.75) is 54.8 Å². The van der Waals surface area contributed by atoms with E-state index in [0.29, 0.717) is 0 Å². The van der Waals surface area contributed by atoms with Crippen LogP contribution in [0.2, 0.25) is 0 Å². The fraction of sp³-hybridized carbons (Fsp3) is 1.00. The molecular formula is C12H22O11. The van der Waals surface area contributed by atoms with Gasteiger partial charge in [0.15, 0.2) is 6.29 Å². The molecule has 0 aromatic rings. The summed E-state index contributed by atoms with van der Waals surface area (Å²) in [7, 11) is 0. The molecule has 0 spiro atoms. The van der Waals surface area contributed by atoms with Gasteiger partial charge in [-0.2, -0.15) is 0 Å². The Morgan fingerprint density at radius 3 is 2.17 bits per heavy atom. The van der Waals surface area contributed by atoms with Crippen LogP contribution in [0.15, 0.2) is 0 Å². The molecule has 2 aliphatic heterocycles. The monoisotopic (exact) mass is 342 g/mol. The first-order valence-corrected chi connectivity index (χ1v) is 7.04. The molecule has 2 saturated heterocycles. The quantitative estimate of drug-likeness (QED) is 0.243. The third-order valence-electron chi connectivity index (χ3n) is 4.07. The lowest BCUT2D eigenvalue weighted by Crippen LogP contribution is -2.68. The summed E-state index contributed by atoms with van der Waals surface area (Å²) in [5.74, 6) is -2.25. The van der Waals surface area contributed by atoms with Gasteiger partial charge >= 0.3 is 0 Å². The van der Waals surface area contributed by atoms with Gasteiger partial charge in [0.05, 0.1) is 13.2 Å². The molecule has 0 bridgehead atoms. The summed E-state index contributed by atoms with van der Waals surface area (Å²) in [5.41, 5.74) is 0. The Balaban J connectivity index is 2.18. The third kappa shape index (κ3) is 3.36. The Hall–Kier alpha value is -0.440. The third-order valence-corrected chi connectivity index (χ3v) is 4.07. The largest absolute Gasteiger partial charge is 0.394 e. The van der Waals surface area contributed by atoms with Crippen molar-refractivity contribution in [3.8, 4) is 0 Å². The second-order valence-electron chi connectivity index (χ2n) is 5.60. The molecule has 1 unspecified atom stereocenters. The van der Waals surface area contributed by atoms with Gasteiger partial charge in [-0.05, 0) is 0 Å². The minimum absolute atomic E-state index is 0.486. The average molecular weight is 342 g/mol. The molecule has 23 heavy (non-hydrogen) atoms. The van der Waals surface area contributed by atoms with E-state index in [1.54, 1.807) is 0 Å². The topological polar surface area (TPSA) is 190 Å². The van der Waals surface area contributed by atoms with Crippen molar-refractivity contribution < 1.29 is 55.1 Å². The molecular weight excluding hydrogens is 320 g/mol. The van der Waals surface area contributed by atoms with E-state index in [4.69, 9.17) is 19.3 Å². The van der Waals surface area contributed by atoms with Crippen LogP contribution < -0.4 is 0 Å². The molecule has 0 saturated carbocycles. The van der Waals surface area contributed by atoms with Gasteiger partial charge in [0.2, 0.25) is 5.79 Å². The molecule has 2 aliphatic rings. The van der Waals surface area contributed by atoms with Crippen LogP contribution in [-0.2, 0) is 14.2 Å². The minimum Gasteiger partial charge on any atom is -0.394 e. The summed E-state index contributed by atoms with van der Waals surface area (Å²) in [6.07, 6.45) is -13.1. The lowest BCUT2D eigenvalue weighted by molar-refractivity contribution is -0.399. The zero-order valence-corrected chi connectivity index (χ0v) is 12.0. The van der Waals surface area contributed by atoms with E-state index in [-0.39, 0.29) is 0 Å². The number of hydrogen-bond donors (Lipinski definition) is 8. The Morgan fingerprint density at radius 1 is 0.957 bits per heavy atom. The summed E-state index contributed by atoms with van der Waals surface area (Å²) in [6, 6.07) is 0. The fourth-order valence-electron chi connectivity index (χ4n) is 2.59. The van der Waals surface area contributed by atoms with Crippen LogP contribution in [0, 0.1) is 0 Å². The molecule has 9 atom stereocenters. The van der Waals surface area contributed by atoms with E-state index in [2.05, 4.69) is 0 Å². The van der Waals surface area contributed by atoms with E-state index >= 15 is 0 Å². The van der Waals surface area contributed by atoms with Crippen LogP contribution in [0.4, 0.5) is 0 Å². The molecule has 0 aliphatic carbocycles. The summed E-state index contributed by atoms with van der Waals surface area (Å²) < 4.78 is 15.2. The summed E-state index contributed by atoms with van der Waals surface area (Å²) in [4.78, 5) is 0. The van der Waals surface area contributed by atoms with Gasteiger partial charge in [0.25, 0.3) is 0 Å². The summed E-state index contributed by atoms with van der Waals surface area (Å²) >= 11 is 0. The smallest absolute Gasteiger partial charge is 0.221 e. The van der Waals surface area contributed by atoms with Gasteiger partial charge in [-0.15, -0.1) is 0 Å². The fourth-order valence-corrected chi connectivity index (χ4v) is 2.59. The molecule has 0 amide bonds. The summed E-state index contributed by atoms with van der Waals surface area (Å²) in [6.45, 7) is -2.13. The van der Waals surface area contributed by atoms with E-state index in [1.165, 1.54) is 0 Å². The Kier molecular flexibility index (Phi) is 5.92. The molecule has 0 radical (unpaired) electrons. The lowest BCUT2D eigenvalue weighted by atomic mass is 9.95. The van der Waals surface area contributed by atoms with E-state index in [9.17, 15) is 35.7 Å². The molecule has 0 aromatic carbocycles. The molecule has 0 aromatic heterocycles. The van der Waals surface area contributed by atoms with Crippen molar-refractivity contribution in [3.63, 3.8) is 0 Å². The maximum atomic E-state index is 10.00. The highest BCUT2D eigenvalue weighted by atomic mass is 16.8. The predicted octanol–water partition coefficient (Wildman–Crippen LogP) is -5.40. The zero-order chi connectivity index (χ0) is 17.4. The Morgan fingerprint density at radius 2 is 1.61 bits per heavy atom. The molecule has 2 rings (SSSR count). The normalized spacial score (nSPS) is 51.7. The standard InChI is InChI=1S/C12H22O11/c13-1-5-7(17)8(18)9(11(20)22-5)23-12(3-14)10(19)6(16)4(15)2-21-12/h4-11,13-20H,1-3H2/t4-,5-,6-,7-,8+,9-,10+,11+,12?/m1/s1. The second-order valence-corrected chi connectivity index (χ2v) is 5.60. The summed E-state index contributed by atoms with van der Waals surface area (Å²) in [5, 5.41) is 77.2. The van der Waals surface area contributed by atoms with Crippen molar-refractivity contribution in [1.29, 1.82) is 0 Å². The maximum absolute atomic E-state index is 10.00. The van der Waals surface area contributed by atoms with Crippen LogP contribution in [0.25, 0.3) is 0 Å². The first-order chi connectivity index (χ1) is 10.8. The first-order valence-electron chi connectivity index (χ1n) is 7.04. The van der Waals surface area contributed by atoms with Gasteiger partial charge in [-0.25, -0.2) is 0 Å². The molecule has 2 fully saturated rings. The molecule has 11 nitrogen and oxygen atoms in total. The van der Waals surface area contributed by atoms with Crippen molar-refractivity contribution in [3.05, 3.63) is 0 Å². The van der Waals surface area contributed by atoms with Crippen LogP contribution in [0.3, 0.4) is 0 Å². The van der Waals surface area contributed by atoms with E-state index in [0.717, 1.165) is 0 Å². The first kappa shape index (κ1) is 18.9. The zero-order valence-electron chi connectivity index (χ0n) is 12.0. The Bertz CT molecular complexity index is 395. The number of hydrogen-bond acceptors (Lipinski definition) is 11. The highest BCUT2D eigenvalue weighted by molar-refractivity contribution is 4.96. The van der Waals surface area contributed by atoms with Crippen molar-refractivity contribution >= 4 is 0 Å². The highest BCUT2D eigenvalue weighted by Crippen LogP contribution is 2.32. The van der Waals surface area contributed by atoms with Gasteiger partial charge < -0.3 is 55.1 Å². The number of aliphatic hydroxyl groups excluding tert-OH is 8. The Labute approximate surface area is 130 Å². The van der Waals surface area contributed by atoms with Crippen LogP contribution in [-0.4, -0.2) is 115 Å². The SMILES string of the molecule is OC[C@H]1O[C@H](O)[C@H](OC2(CO)OC[C@@H](O)[C@@H](O)[C@@H]2O)[C@@H](O)[C@@H]1O. The molecule has 2 heterocycles. The molecule has 8 N–H and O–H groups in total. The van der Waals surface area contributed by atoms with Gasteiger partial charge in [-0.1, -0.05) is 0 Å². The maximum Gasteiger partial charge on any atom is 0.221 e. The van der Waals surface area contributed by atoms with Gasteiger partial charge in [0, 0.05) is 0 Å². The van der Waals surface area contributed by atoms with E-state index in [1.807, 2.05) is 0 Å².